The van der Waals surface area contributed by atoms with Crippen molar-refractivity contribution in [3.05, 3.63) is 34.3 Å². The van der Waals surface area contributed by atoms with Gasteiger partial charge in [-0.1, -0.05) is 6.92 Å². The Kier molecular flexibility index (Phi) is 4.57. The van der Waals surface area contributed by atoms with Gasteiger partial charge in [-0.2, -0.15) is 0 Å². The number of nitrogens with one attached hydrogen (secondary N) is 1. The Bertz CT molecular complexity index is 610. The summed E-state index contributed by atoms with van der Waals surface area (Å²) in [5.74, 6) is 1.04. The van der Waals surface area contributed by atoms with Crippen molar-refractivity contribution in [2.24, 2.45) is 0 Å². The average molecular weight is 292 g/mol. The number of methoxy groups -OCH3 is 2. The summed E-state index contributed by atoms with van der Waals surface area (Å²) in [5, 5.41) is 3.76. The van der Waals surface area contributed by atoms with Crippen LogP contribution in [-0.2, 0) is 6.42 Å². The molecule has 1 aromatic heterocycles. The zero-order chi connectivity index (χ0) is 14.5. The van der Waals surface area contributed by atoms with Crippen LogP contribution in [0.1, 0.15) is 21.6 Å². The second-order valence-corrected chi connectivity index (χ2v) is 5.11. The number of ether oxygens (including phenoxy) is 2. The molecule has 0 saturated heterocycles. The molecule has 0 radical (unpaired) electrons. The second-order valence-electron chi connectivity index (χ2n) is 3.99. The molecule has 106 valence electrons. The van der Waals surface area contributed by atoms with Crippen molar-refractivity contribution < 1.29 is 14.3 Å². The average Bonchev–Trinajstić information content (AvgIpc) is 2.96. The Hall–Kier alpha value is -2.08. The number of hydrogen-bond acceptors (Lipinski definition) is 5. The third kappa shape index (κ3) is 3.08. The van der Waals surface area contributed by atoms with E-state index in [9.17, 15) is 4.79 Å². The summed E-state index contributed by atoms with van der Waals surface area (Å²) in [6, 6.07) is 5.24. The first-order valence-electron chi connectivity index (χ1n) is 6.16. The highest BCUT2D eigenvalue weighted by atomic mass is 32.1. The van der Waals surface area contributed by atoms with Crippen LogP contribution in [0, 0.1) is 0 Å². The van der Waals surface area contributed by atoms with E-state index in [-0.39, 0.29) is 5.91 Å². The standard InChI is InChI=1S/C14H16N2O3S/c1-4-13-15-8-12(20-13)14(17)16-10-6-5-9(18-2)7-11(10)19-3/h5-8H,4H2,1-3H3,(H,16,17). The maximum atomic E-state index is 12.1. The number of aromatic nitrogens is 1. The number of carbonyl (C=O) groups is 1. The van der Waals surface area contributed by atoms with Crippen molar-refractivity contribution in [3.8, 4) is 11.5 Å². The van der Waals surface area contributed by atoms with E-state index in [4.69, 9.17) is 9.47 Å². The van der Waals surface area contributed by atoms with Crippen LogP contribution in [-0.4, -0.2) is 25.1 Å². The van der Waals surface area contributed by atoms with E-state index in [1.807, 2.05) is 6.92 Å². The first-order valence-corrected chi connectivity index (χ1v) is 6.97. The molecule has 0 fully saturated rings. The highest BCUT2D eigenvalue weighted by Crippen LogP contribution is 2.29. The first-order chi connectivity index (χ1) is 9.67. The highest BCUT2D eigenvalue weighted by Gasteiger charge is 2.13. The largest absolute Gasteiger partial charge is 0.497 e. The van der Waals surface area contributed by atoms with Gasteiger partial charge in [0.15, 0.2) is 0 Å². The first kappa shape index (κ1) is 14.3. The Labute approximate surface area is 121 Å². The van der Waals surface area contributed by atoms with Crippen molar-refractivity contribution >= 4 is 22.9 Å². The topological polar surface area (TPSA) is 60.5 Å². The van der Waals surface area contributed by atoms with Gasteiger partial charge in [0.2, 0.25) is 0 Å². The Morgan fingerprint density at radius 2 is 2.15 bits per heavy atom. The van der Waals surface area contributed by atoms with Crippen LogP contribution in [0.2, 0.25) is 0 Å². The van der Waals surface area contributed by atoms with Crippen LogP contribution in [0.3, 0.4) is 0 Å². The van der Waals surface area contributed by atoms with E-state index in [1.54, 1.807) is 38.6 Å². The van der Waals surface area contributed by atoms with Crippen molar-refractivity contribution in [1.82, 2.24) is 4.98 Å². The molecule has 5 nitrogen and oxygen atoms in total. The zero-order valence-corrected chi connectivity index (χ0v) is 12.4. The van der Waals surface area contributed by atoms with Crippen molar-refractivity contribution in [3.63, 3.8) is 0 Å². The lowest BCUT2D eigenvalue weighted by molar-refractivity contribution is 0.103. The molecule has 1 aromatic carbocycles. The lowest BCUT2D eigenvalue weighted by Gasteiger charge is -2.10. The van der Waals surface area contributed by atoms with Crippen LogP contribution >= 0.6 is 11.3 Å². The molecule has 0 aliphatic heterocycles. The Morgan fingerprint density at radius 1 is 1.35 bits per heavy atom. The Balaban J connectivity index is 2.18. The van der Waals surface area contributed by atoms with E-state index in [0.29, 0.717) is 22.1 Å². The number of rotatable bonds is 5. The molecule has 20 heavy (non-hydrogen) atoms. The maximum Gasteiger partial charge on any atom is 0.267 e. The molecule has 2 rings (SSSR count). The summed E-state index contributed by atoms with van der Waals surface area (Å²) in [7, 11) is 3.13. The summed E-state index contributed by atoms with van der Waals surface area (Å²) < 4.78 is 10.4. The van der Waals surface area contributed by atoms with Crippen molar-refractivity contribution in [2.75, 3.05) is 19.5 Å². The quantitative estimate of drug-likeness (QED) is 0.920. The number of thiazole rings is 1. The molecule has 0 aliphatic carbocycles. The van der Waals surface area contributed by atoms with Crippen molar-refractivity contribution in [1.29, 1.82) is 0 Å². The summed E-state index contributed by atoms with van der Waals surface area (Å²) >= 11 is 1.39. The summed E-state index contributed by atoms with van der Waals surface area (Å²) in [4.78, 5) is 16.9. The molecule has 0 saturated carbocycles. The Morgan fingerprint density at radius 3 is 2.75 bits per heavy atom. The van der Waals surface area contributed by atoms with E-state index in [2.05, 4.69) is 10.3 Å². The molecule has 0 atom stereocenters. The van der Waals surface area contributed by atoms with Gasteiger partial charge in [-0.3, -0.25) is 4.79 Å². The van der Waals surface area contributed by atoms with E-state index < -0.39 is 0 Å². The van der Waals surface area contributed by atoms with Crippen LogP contribution in [0.15, 0.2) is 24.4 Å². The van der Waals surface area contributed by atoms with E-state index >= 15 is 0 Å². The number of amides is 1. The summed E-state index contributed by atoms with van der Waals surface area (Å²) in [6.45, 7) is 2.01. The molecular formula is C14H16N2O3S. The number of aryl methyl sites for hydroxylation is 1. The van der Waals surface area contributed by atoms with Crippen LogP contribution in [0.25, 0.3) is 0 Å². The number of benzene rings is 1. The molecule has 0 unspecified atom stereocenters. The fourth-order valence-corrected chi connectivity index (χ4v) is 2.42. The molecule has 1 N–H and O–H groups in total. The maximum absolute atomic E-state index is 12.1. The predicted octanol–water partition coefficient (Wildman–Crippen LogP) is 2.98. The minimum atomic E-state index is -0.189. The zero-order valence-electron chi connectivity index (χ0n) is 11.6. The fraction of sp³-hybridized carbons (Fsp3) is 0.286. The number of carbonyl (C=O) groups excluding carboxylic acids is 1. The number of hydrogen-bond donors (Lipinski definition) is 1. The minimum Gasteiger partial charge on any atom is -0.497 e. The van der Waals surface area contributed by atoms with E-state index in [1.165, 1.54) is 11.3 Å². The number of anilines is 1. The van der Waals surface area contributed by atoms with Crippen LogP contribution in [0.4, 0.5) is 5.69 Å². The van der Waals surface area contributed by atoms with Gasteiger partial charge in [-0.05, 0) is 18.6 Å². The normalized spacial score (nSPS) is 10.2. The third-order valence-corrected chi connectivity index (χ3v) is 3.88. The predicted molar refractivity (Wildman–Crippen MR) is 79.0 cm³/mol. The smallest absolute Gasteiger partial charge is 0.267 e. The van der Waals surface area contributed by atoms with Gasteiger partial charge in [-0.15, -0.1) is 11.3 Å². The highest BCUT2D eigenvalue weighted by molar-refractivity contribution is 7.13. The molecule has 0 bridgehead atoms. The van der Waals surface area contributed by atoms with E-state index in [0.717, 1.165) is 11.4 Å². The minimum absolute atomic E-state index is 0.189. The van der Waals surface area contributed by atoms with Gasteiger partial charge >= 0.3 is 0 Å². The van der Waals surface area contributed by atoms with Crippen LogP contribution < -0.4 is 14.8 Å². The molecule has 1 heterocycles. The lowest BCUT2D eigenvalue weighted by Crippen LogP contribution is -2.11. The summed E-state index contributed by atoms with van der Waals surface area (Å²) in [5.41, 5.74) is 0.602. The molecule has 2 aromatic rings. The monoisotopic (exact) mass is 292 g/mol. The fourth-order valence-electron chi connectivity index (χ4n) is 1.66. The van der Waals surface area contributed by atoms with Crippen LogP contribution in [0.5, 0.6) is 11.5 Å². The van der Waals surface area contributed by atoms with Crippen molar-refractivity contribution in [2.45, 2.75) is 13.3 Å². The molecule has 0 spiro atoms. The SMILES string of the molecule is CCc1ncc(C(=O)Nc2ccc(OC)cc2OC)s1. The van der Waals surface area contributed by atoms with Gasteiger partial charge in [0.1, 0.15) is 16.4 Å². The van der Waals surface area contributed by atoms with Gasteiger partial charge in [0.25, 0.3) is 5.91 Å². The lowest BCUT2D eigenvalue weighted by atomic mass is 10.2. The summed E-state index contributed by atoms with van der Waals surface area (Å²) in [6.07, 6.45) is 2.42. The third-order valence-electron chi connectivity index (χ3n) is 2.74. The van der Waals surface area contributed by atoms with Gasteiger partial charge < -0.3 is 14.8 Å². The second kappa shape index (κ2) is 6.38. The molecule has 1 amide bonds. The molecule has 0 aliphatic rings. The van der Waals surface area contributed by atoms with Gasteiger partial charge in [0.05, 0.1) is 31.1 Å². The molecule has 6 heteroatoms. The van der Waals surface area contributed by atoms with Gasteiger partial charge in [0, 0.05) is 6.07 Å². The molecular weight excluding hydrogens is 276 g/mol. The van der Waals surface area contributed by atoms with Gasteiger partial charge in [-0.25, -0.2) is 4.98 Å². The number of nitrogens with zero attached hydrogens (tertiary/aromatic N) is 1.